The summed E-state index contributed by atoms with van der Waals surface area (Å²) in [6.07, 6.45) is -2.44. The van der Waals surface area contributed by atoms with E-state index in [-0.39, 0.29) is 11.9 Å². The molecule has 0 aliphatic heterocycles. The quantitative estimate of drug-likeness (QED) is 0.736. The van der Waals surface area contributed by atoms with Gasteiger partial charge in [0.2, 0.25) is 5.89 Å². The van der Waals surface area contributed by atoms with E-state index in [0.29, 0.717) is 0 Å². The molecule has 0 N–H and O–H groups in total. The van der Waals surface area contributed by atoms with E-state index >= 15 is 0 Å². The first-order chi connectivity index (χ1) is 6.50. The number of rotatable bonds is 4. The maximum atomic E-state index is 12.0. The maximum Gasteiger partial charge on any atom is 0.318 e. The fourth-order valence-electron chi connectivity index (χ4n) is 0.827. The van der Waals surface area contributed by atoms with Gasteiger partial charge in [-0.3, -0.25) is 0 Å². The number of nitrogens with zero attached hydrogens (tertiary/aromatic N) is 3. The Kier molecular flexibility index (Phi) is 3.62. The van der Waals surface area contributed by atoms with Gasteiger partial charge in [0.05, 0.1) is 6.54 Å². The molecule has 0 saturated carbocycles. The molecule has 0 aliphatic rings. The van der Waals surface area contributed by atoms with E-state index in [4.69, 9.17) is 16.0 Å². The van der Waals surface area contributed by atoms with E-state index < -0.39 is 18.3 Å². The van der Waals surface area contributed by atoms with Gasteiger partial charge in [-0.25, -0.2) is 8.78 Å². The van der Waals surface area contributed by atoms with Gasteiger partial charge < -0.3 is 9.32 Å². The number of aromatic nitrogens is 2. The summed E-state index contributed by atoms with van der Waals surface area (Å²) in [6.45, 7) is 1.21. The predicted octanol–water partition coefficient (Wildman–Crippen LogP) is 2.07. The van der Waals surface area contributed by atoms with E-state index in [0.717, 1.165) is 0 Å². The highest BCUT2D eigenvalue weighted by atomic mass is 35.5. The van der Waals surface area contributed by atoms with Gasteiger partial charge in [-0.2, -0.15) is 0 Å². The van der Waals surface area contributed by atoms with Crippen LogP contribution in [0.1, 0.15) is 18.2 Å². The predicted molar refractivity (Wildman–Crippen MR) is 47.8 cm³/mol. The molecule has 0 fully saturated rings. The molecule has 0 bridgehead atoms. The first kappa shape index (κ1) is 11.2. The summed E-state index contributed by atoms with van der Waals surface area (Å²) in [7, 11) is 1.45. The minimum Gasteiger partial charge on any atom is -0.406 e. The minimum absolute atomic E-state index is 0.0489. The zero-order chi connectivity index (χ0) is 10.7. The summed E-state index contributed by atoms with van der Waals surface area (Å²) in [5.41, 5.74) is 0. The van der Waals surface area contributed by atoms with Crippen molar-refractivity contribution >= 4 is 17.6 Å². The van der Waals surface area contributed by atoms with Gasteiger partial charge in [-0.05, 0) is 6.92 Å². The van der Waals surface area contributed by atoms with Crippen LogP contribution in [-0.2, 0) is 0 Å². The largest absolute Gasteiger partial charge is 0.406 e. The van der Waals surface area contributed by atoms with E-state index in [1.54, 1.807) is 6.92 Å². The van der Waals surface area contributed by atoms with Crippen molar-refractivity contribution in [2.45, 2.75) is 18.7 Å². The molecule has 0 saturated heterocycles. The normalized spacial score (nSPS) is 13.3. The van der Waals surface area contributed by atoms with Gasteiger partial charge >= 0.3 is 6.01 Å². The lowest BCUT2D eigenvalue weighted by molar-refractivity contribution is 0.155. The highest BCUT2D eigenvalue weighted by Gasteiger charge is 2.16. The molecule has 0 spiro atoms. The summed E-state index contributed by atoms with van der Waals surface area (Å²) in [5.74, 6) is 0.225. The molecule has 1 rings (SSSR count). The van der Waals surface area contributed by atoms with Gasteiger partial charge in [0.25, 0.3) is 6.43 Å². The molecule has 1 heterocycles. The van der Waals surface area contributed by atoms with Crippen LogP contribution >= 0.6 is 11.6 Å². The zero-order valence-corrected chi connectivity index (χ0v) is 8.50. The van der Waals surface area contributed by atoms with Crippen LogP contribution in [0.4, 0.5) is 14.8 Å². The van der Waals surface area contributed by atoms with Crippen LogP contribution in [0.25, 0.3) is 0 Å². The Bertz CT molecular complexity index is 292. The van der Waals surface area contributed by atoms with Crippen LogP contribution in [0.2, 0.25) is 0 Å². The molecule has 1 unspecified atom stereocenters. The van der Waals surface area contributed by atoms with Crippen molar-refractivity contribution in [1.29, 1.82) is 0 Å². The van der Waals surface area contributed by atoms with Crippen molar-refractivity contribution in [1.82, 2.24) is 10.2 Å². The Balaban J connectivity index is 2.66. The van der Waals surface area contributed by atoms with Crippen molar-refractivity contribution in [2.24, 2.45) is 0 Å². The minimum atomic E-state index is -2.44. The van der Waals surface area contributed by atoms with E-state index in [2.05, 4.69) is 10.2 Å². The molecule has 80 valence electrons. The smallest absolute Gasteiger partial charge is 0.318 e. The van der Waals surface area contributed by atoms with Gasteiger partial charge in [0.1, 0.15) is 5.38 Å². The van der Waals surface area contributed by atoms with Gasteiger partial charge in [-0.1, -0.05) is 5.10 Å². The van der Waals surface area contributed by atoms with Crippen molar-refractivity contribution in [2.75, 3.05) is 18.5 Å². The number of hydrogen-bond donors (Lipinski definition) is 0. The molecule has 1 aromatic heterocycles. The highest BCUT2D eigenvalue weighted by Crippen LogP contribution is 2.21. The fraction of sp³-hybridized carbons (Fsp3) is 0.714. The van der Waals surface area contributed by atoms with E-state index in [1.165, 1.54) is 11.9 Å². The average Bonchev–Trinajstić information content (AvgIpc) is 2.50. The molecule has 7 heteroatoms. The average molecular weight is 226 g/mol. The van der Waals surface area contributed by atoms with Crippen molar-refractivity contribution in [3.05, 3.63) is 5.89 Å². The van der Waals surface area contributed by atoms with Crippen LogP contribution in [-0.4, -0.2) is 30.2 Å². The first-order valence-corrected chi connectivity index (χ1v) is 4.41. The lowest BCUT2D eigenvalue weighted by Crippen LogP contribution is -2.24. The molecule has 1 aromatic rings. The SMILES string of the molecule is CC(Cl)c1nnc(N(C)CC(F)F)o1. The van der Waals surface area contributed by atoms with Crippen LogP contribution in [0.15, 0.2) is 4.42 Å². The van der Waals surface area contributed by atoms with E-state index in [9.17, 15) is 8.78 Å². The van der Waals surface area contributed by atoms with E-state index in [1.807, 2.05) is 0 Å². The number of anilines is 1. The summed E-state index contributed by atoms with van der Waals surface area (Å²) in [4.78, 5) is 1.18. The first-order valence-electron chi connectivity index (χ1n) is 3.97. The maximum absolute atomic E-state index is 12.0. The van der Waals surface area contributed by atoms with Crippen LogP contribution in [0.5, 0.6) is 0 Å². The monoisotopic (exact) mass is 225 g/mol. The third-order valence-electron chi connectivity index (χ3n) is 1.51. The fourth-order valence-corrected chi connectivity index (χ4v) is 0.915. The van der Waals surface area contributed by atoms with Crippen LogP contribution < -0.4 is 4.90 Å². The lowest BCUT2D eigenvalue weighted by atomic mass is 10.5. The molecular formula is C7H10ClF2N3O. The Labute approximate surface area is 84.9 Å². The number of halogens is 3. The molecule has 1 atom stereocenters. The summed E-state index contributed by atoms with van der Waals surface area (Å²) >= 11 is 5.66. The molecule has 0 aromatic carbocycles. The third kappa shape index (κ3) is 2.80. The van der Waals surface area contributed by atoms with Gasteiger partial charge in [0.15, 0.2) is 0 Å². The Hall–Kier alpha value is -0.910. The second-order valence-corrected chi connectivity index (χ2v) is 3.47. The second-order valence-electron chi connectivity index (χ2n) is 2.81. The Morgan fingerprint density at radius 1 is 1.50 bits per heavy atom. The summed E-state index contributed by atoms with van der Waals surface area (Å²) in [5, 5.41) is 6.77. The highest BCUT2D eigenvalue weighted by molar-refractivity contribution is 6.20. The standard InChI is InChI=1S/C7H10ClF2N3O/c1-4(8)6-11-12-7(14-6)13(2)3-5(9)10/h4-5H,3H2,1-2H3. The topological polar surface area (TPSA) is 42.2 Å². The third-order valence-corrected chi connectivity index (χ3v) is 1.70. The van der Waals surface area contributed by atoms with Crippen molar-refractivity contribution < 1.29 is 13.2 Å². The van der Waals surface area contributed by atoms with Crippen molar-refractivity contribution in [3.63, 3.8) is 0 Å². The Morgan fingerprint density at radius 2 is 2.14 bits per heavy atom. The molecular weight excluding hydrogens is 216 g/mol. The molecule has 4 nitrogen and oxygen atoms in total. The molecule has 0 amide bonds. The summed E-state index contributed by atoms with van der Waals surface area (Å²) in [6, 6.07) is 0.0489. The Morgan fingerprint density at radius 3 is 2.57 bits per heavy atom. The second kappa shape index (κ2) is 4.54. The summed E-state index contributed by atoms with van der Waals surface area (Å²) < 4.78 is 29.0. The number of alkyl halides is 3. The molecule has 0 aliphatic carbocycles. The number of hydrogen-bond acceptors (Lipinski definition) is 4. The molecule has 0 radical (unpaired) electrons. The zero-order valence-electron chi connectivity index (χ0n) is 7.75. The van der Waals surface area contributed by atoms with Crippen LogP contribution in [0.3, 0.4) is 0 Å². The van der Waals surface area contributed by atoms with Gasteiger partial charge in [0, 0.05) is 7.05 Å². The molecule has 14 heavy (non-hydrogen) atoms. The van der Waals surface area contributed by atoms with Crippen molar-refractivity contribution in [3.8, 4) is 0 Å². The lowest BCUT2D eigenvalue weighted by Gasteiger charge is -2.12. The van der Waals surface area contributed by atoms with Crippen LogP contribution in [0, 0.1) is 0 Å². The van der Waals surface area contributed by atoms with Gasteiger partial charge in [-0.15, -0.1) is 16.7 Å².